The molecule has 2 N–H and O–H groups in total. The Morgan fingerprint density at radius 3 is 2.85 bits per heavy atom. The second kappa shape index (κ2) is 9.38. The van der Waals surface area contributed by atoms with E-state index in [1.54, 1.807) is 42.1 Å². The van der Waals surface area contributed by atoms with Crippen molar-refractivity contribution in [1.82, 2.24) is 10.3 Å². The van der Waals surface area contributed by atoms with Crippen LogP contribution in [0.2, 0.25) is 0 Å². The third-order valence-electron chi connectivity index (χ3n) is 4.04. The topological polar surface area (TPSA) is 83.6 Å². The van der Waals surface area contributed by atoms with Crippen molar-refractivity contribution < 1.29 is 14.3 Å². The van der Waals surface area contributed by atoms with Crippen LogP contribution in [0.1, 0.15) is 5.56 Å². The summed E-state index contributed by atoms with van der Waals surface area (Å²) in [6, 6.07) is 10.8. The smallest absolute Gasteiger partial charge is 0.326 e. The summed E-state index contributed by atoms with van der Waals surface area (Å²) in [6.07, 6.45) is 2.03. The number of pyridine rings is 1. The number of methoxy groups -OCH3 is 1. The van der Waals surface area contributed by atoms with Gasteiger partial charge in [-0.3, -0.25) is 9.69 Å². The summed E-state index contributed by atoms with van der Waals surface area (Å²) in [5.74, 6) is 0.757. The molecule has 0 radical (unpaired) electrons. The molecule has 0 aliphatic carbocycles. The van der Waals surface area contributed by atoms with Crippen LogP contribution in [0.25, 0.3) is 0 Å². The molecule has 0 saturated carbocycles. The molecule has 3 amide bonds. The van der Waals surface area contributed by atoms with E-state index in [2.05, 4.69) is 15.6 Å². The lowest BCUT2D eigenvalue weighted by molar-refractivity contribution is -0.120. The first-order valence-corrected chi connectivity index (χ1v) is 9.67. The highest BCUT2D eigenvalue weighted by Gasteiger charge is 2.23. The molecule has 0 atom stereocenters. The third-order valence-corrected chi connectivity index (χ3v) is 5.01. The number of thioether (sulfide) groups is 1. The zero-order valence-electron chi connectivity index (χ0n) is 15.1. The Labute approximate surface area is 162 Å². The van der Waals surface area contributed by atoms with Gasteiger partial charge in [0.05, 0.1) is 18.7 Å². The fraction of sp³-hybridized carbons (Fsp3) is 0.316. The zero-order chi connectivity index (χ0) is 19.1. The molecule has 0 bridgehead atoms. The minimum absolute atomic E-state index is 0.0567. The van der Waals surface area contributed by atoms with E-state index in [1.807, 2.05) is 24.3 Å². The second-order valence-electron chi connectivity index (χ2n) is 5.97. The van der Waals surface area contributed by atoms with E-state index >= 15 is 0 Å². The number of urea groups is 1. The molecule has 7 nitrogen and oxygen atoms in total. The van der Waals surface area contributed by atoms with Crippen molar-refractivity contribution in [2.75, 3.05) is 42.8 Å². The maximum Gasteiger partial charge on any atom is 0.326 e. The summed E-state index contributed by atoms with van der Waals surface area (Å²) in [5, 5.41) is 6.56. The van der Waals surface area contributed by atoms with Crippen LogP contribution in [0, 0.1) is 0 Å². The van der Waals surface area contributed by atoms with Gasteiger partial charge in [0.25, 0.3) is 0 Å². The lowest BCUT2D eigenvalue weighted by Gasteiger charge is -2.28. The molecular weight excluding hydrogens is 364 g/mol. The summed E-state index contributed by atoms with van der Waals surface area (Å²) in [4.78, 5) is 30.5. The van der Waals surface area contributed by atoms with Crippen molar-refractivity contribution in [1.29, 1.82) is 0 Å². The van der Waals surface area contributed by atoms with Gasteiger partial charge in [-0.15, -0.1) is 11.8 Å². The van der Waals surface area contributed by atoms with Crippen LogP contribution in [-0.4, -0.2) is 49.5 Å². The number of anilines is 2. The van der Waals surface area contributed by atoms with E-state index in [-0.39, 0.29) is 11.9 Å². The number of carbonyl (C=O) groups is 2. The number of benzene rings is 1. The normalized spacial score (nSPS) is 13.0. The highest BCUT2D eigenvalue weighted by atomic mass is 32.2. The van der Waals surface area contributed by atoms with Gasteiger partial charge in [-0.2, -0.15) is 0 Å². The highest BCUT2D eigenvalue weighted by molar-refractivity contribution is 7.99. The van der Waals surface area contributed by atoms with Gasteiger partial charge < -0.3 is 15.4 Å². The Morgan fingerprint density at radius 1 is 1.26 bits per heavy atom. The molecule has 142 valence electrons. The van der Waals surface area contributed by atoms with Crippen LogP contribution in [0.5, 0.6) is 0 Å². The van der Waals surface area contributed by atoms with E-state index in [0.29, 0.717) is 31.8 Å². The van der Waals surface area contributed by atoms with Gasteiger partial charge in [0.15, 0.2) is 0 Å². The number of hydrogen-bond donors (Lipinski definition) is 2. The van der Waals surface area contributed by atoms with Crippen molar-refractivity contribution in [3.63, 3.8) is 0 Å². The first kappa shape index (κ1) is 19.2. The van der Waals surface area contributed by atoms with Crippen molar-refractivity contribution in [2.45, 2.75) is 11.4 Å². The van der Waals surface area contributed by atoms with Crippen LogP contribution < -0.4 is 15.5 Å². The number of rotatable bonds is 6. The van der Waals surface area contributed by atoms with Gasteiger partial charge in [-0.25, -0.2) is 9.78 Å². The molecule has 0 unspecified atom stereocenters. The Kier molecular flexibility index (Phi) is 6.67. The summed E-state index contributed by atoms with van der Waals surface area (Å²) in [6.45, 7) is 1.62. The predicted molar refractivity (Wildman–Crippen MR) is 106 cm³/mol. The highest BCUT2D eigenvalue weighted by Crippen LogP contribution is 2.32. The molecular formula is C19H22N4O3S. The summed E-state index contributed by atoms with van der Waals surface area (Å²) in [5.41, 5.74) is 2.40. The number of ether oxygens (including phenoxy) is 1. The molecule has 1 aromatic heterocycles. The number of nitrogens with zero attached hydrogens (tertiary/aromatic N) is 2. The lowest BCUT2D eigenvalue weighted by atomic mass is 10.1. The first-order chi connectivity index (χ1) is 13.2. The fourth-order valence-electron chi connectivity index (χ4n) is 2.70. The van der Waals surface area contributed by atoms with Crippen LogP contribution >= 0.6 is 11.8 Å². The van der Waals surface area contributed by atoms with Crippen molar-refractivity contribution >= 4 is 35.1 Å². The number of aromatic nitrogens is 1. The van der Waals surface area contributed by atoms with Crippen molar-refractivity contribution in [2.24, 2.45) is 0 Å². The Hall–Kier alpha value is -2.58. The minimum atomic E-state index is -0.186. The molecule has 1 aromatic carbocycles. The lowest BCUT2D eigenvalue weighted by Crippen LogP contribution is -2.38. The standard InChI is InChI=1S/C19H22N4O3S/c1-26-11-9-20-17(24)13-14-4-6-15(7-5-14)22-19(25)23-10-12-27-18-16(23)3-2-8-21-18/h2-8H,9-13H2,1H3,(H,20,24)(H,22,25). The number of fused-ring (bicyclic) bond motifs is 1. The zero-order valence-corrected chi connectivity index (χ0v) is 15.9. The molecule has 2 heterocycles. The van der Waals surface area contributed by atoms with E-state index in [4.69, 9.17) is 4.74 Å². The number of nitrogens with one attached hydrogen (secondary N) is 2. The van der Waals surface area contributed by atoms with Crippen LogP contribution in [-0.2, 0) is 16.0 Å². The number of hydrogen-bond acceptors (Lipinski definition) is 5. The Bertz CT molecular complexity index is 798. The molecule has 3 rings (SSSR count). The molecule has 27 heavy (non-hydrogen) atoms. The van der Waals surface area contributed by atoms with Gasteiger partial charge in [-0.05, 0) is 29.8 Å². The van der Waals surface area contributed by atoms with Crippen LogP contribution in [0.4, 0.5) is 16.2 Å². The number of carbonyl (C=O) groups excluding carboxylic acids is 2. The maximum absolute atomic E-state index is 12.6. The molecule has 2 aromatic rings. The quantitative estimate of drug-likeness (QED) is 0.746. The van der Waals surface area contributed by atoms with Gasteiger partial charge in [-0.1, -0.05) is 12.1 Å². The minimum Gasteiger partial charge on any atom is -0.383 e. The van der Waals surface area contributed by atoms with E-state index in [0.717, 1.165) is 22.0 Å². The second-order valence-corrected chi connectivity index (χ2v) is 7.06. The van der Waals surface area contributed by atoms with Crippen LogP contribution in [0.3, 0.4) is 0 Å². The third kappa shape index (κ3) is 5.21. The summed E-state index contributed by atoms with van der Waals surface area (Å²) >= 11 is 1.65. The average Bonchev–Trinajstić information content (AvgIpc) is 2.69. The molecule has 0 spiro atoms. The Morgan fingerprint density at radius 2 is 2.07 bits per heavy atom. The number of amides is 3. The van der Waals surface area contributed by atoms with E-state index in [1.165, 1.54) is 0 Å². The molecule has 1 aliphatic heterocycles. The predicted octanol–water partition coefficient (Wildman–Crippen LogP) is 2.53. The van der Waals surface area contributed by atoms with Gasteiger partial charge in [0, 0.05) is 37.8 Å². The summed E-state index contributed by atoms with van der Waals surface area (Å²) < 4.78 is 4.90. The van der Waals surface area contributed by atoms with Crippen LogP contribution in [0.15, 0.2) is 47.6 Å². The van der Waals surface area contributed by atoms with Gasteiger partial charge >= 0.3 is 6.03 Å². The van der Waals surface area contributed by atoms with Crippen molar-refractivity contribution in [3.05, 3.63) is 48.2 Å². The van der Waals surface area contributed by atoms with E-state index in [9.17, 15) is 9.59 Å². The first-order valence-electron chi connectivity index (χ1n) is 8.68. The van der Waals surface area contributed by atoms with E-state index < -0.39 is 0 Å². The molecule has 8 heteroatoms. The largest absolute Gasteiger partial charge is 0.383 e. The molecule has 0 saturated heterocycles. The molecule has 1 aliphatic rings. The fourth-order valence-corrected chi connectivity index (χ4v) is 3.63. The van der Waals surface area contributed by atoms with Gasteiger partial charge in [0.1, 0.15) is 5.03 Å². The molecule has 0 fully saturated rings. The average molecular weight is 386 g/mol. The van der Waals surface area contributed by atoms with Gasteiger partial charge in [0.2, 0.25) is 5.91 Å². The summed E-state index contributed by atoms with van der Waals surface area (Å²) in [7, 11) is 1.59. The monoisotopic (exact) mass is 386 g/mol. The Balaban J connectivity index is 1.57. The SMILES string of the molecule is COCCNC(=O)Cc1ccc(NC(=O)N2CCSc3ncccc32)cc1. The maximum atomic E-state index is 12.6. The van der Waals surface area contributed by atoms with Crippen molar-refractivity contribution in [3.8, 4) is 0 Å².